The Bertz CT molecular complexity index is 2750. The molecule has 0 saturated heterocycles. The highest BCUT2D eigenvalue weighted by atomic mass is 16.5. The summed E-state index contributed by atoms with van der Waals surface area (Å²) in [5.74, 6) is -2.91. The van der Waals surface area contributed by atoms with Crippen LogP contribution in [0.3, 0.4) is 0 Å². The molecule has 0 bridgehead atoms. The maximum Gasteiger partial charge on any atom is 0.338 e. The van der Waals surface area contributed by atoms with Crippen molar-refractivity contribution in [3.63, 3.8) is 0 Å². The molecule has 0 heterocycles. The summed E-state index contributed by atoms with van der Waals surface area (Å²) in [4.78, 5) is 51.8. The second-order valence-electron chi connectivity index (χ2n) is 13.9. The lowest BCUT2D eigenvalue weighted by molar-refractivity contribution is 0.0517. The van der Waals surface area contributed by atoms with E-state index in [-0.39, 0.29) is 47.2 Å². The molecule has 0 saturated carbocycles. The average Bonchev–Trinajstić information content (AvgIpc) is 3.28. The number of azo groups is 2. The molecule has 4 N–H and O–H groups in total. The fourth-order valence-corrected chi connectivity index (χ4v) is 6.63. The Morgan fingerprint density at radius 3 is 1.26 bits per heavy atom. The van der Waals surface area contributed by atoms with Gasteiger partial charge in [0.25, 0.3) is 11.8 Å². The van der Waals surface area contributed by atoms with Crippen molar-refractivity contribution in [3.8, 4) is 11.5 Å². The molecule has 14 heteroatoms. The molecule has 7 aromatic carbocycles. The van der Waals surface area contributed by atoms with Gasteiger partial charge >= 0.3 is 11.9 Å². The van der Waals surface area contributed by atoms with Crippen molar-refractivity contribution in [1.82, 2.24) is 0 Å². The van der Waals surface area contributed by atoms with Gasteiger partial charge in [-0.25, -0.2) is 9.59 Å². The number of carbonyl (C=O) groups excluding carboxylic acids is 4. The molecule has 310 valence electrons. The fraction of sp³-hybridized carbons (Fsp3) is 0.125. The molecule has 0 aliphatic heterocycles. The van der Waals surface area contributed by atoms with Crippen molar-refractivity contribution in [2.45, 2.75) is 27.7 Å². The topological polar surface area (TPSA) is 201 Å². The van der Waals surface area contributed by atoms with E-state index < -0.39 is 23.8 Å². The number of fused-ring (bicyclic) bond motifs is 2. The number of hydrogen-bond donors (Lipinski definition) is 4. The average molecular weight is 829 g/mol. The van der Waals surface area contributed by atoms with Gasteiger partial charge in [0.2, 0.25) is 0 Å². The first-order chi connectivity index (χ1) is 30.0. The molecular formula is C48H40N6O8. The summed E-state index contributed by atoms with van der Waals surface area (Å²) in [7, 11) is 0. The summed E-state index contributed by atoms with van der Waals surface area (Å²) in [5.41, 5.74) is 3.73. The summed E-state index contributed by atoms with van der Waals surface area (Å²) in [6, 6.07) is 33.3. The zero-order chi connectivity index (χ0) is 43.9. The number of nitrogens with one attached hydrogen (secondary N) is 2. The number of phenolic OH excluding ortho intramolecular Hbond substituents is 2. The van der Waals surface area contributed by atoms with E-state index in [0.29, 0.717) is 66.5 Å². The predicted molar refractivity (Wildman–Crippen MR) is 236 cm³/mol. The first-order valence-electron chi connectivity index (χ1n) is 19.6. The highest BCUT2D eigenvalue weighted by Crippen LogP contribution is 2.42. The summed E-state index contributed by atoms with van der Waals surface area (Å²) in [5, 5.41) is 48.2. The highest BCUT2D eigenvalue weighted by Gasteiger charge is 2.22. The SMILES string of the molecule is CCOC(=O)c1ccc(N=Nc2c(O)c(C(=O)Nc3ccc(NC(=O)c4cc5ccccc5c(N=Nc5ccc(C(=O)OCC)cc5)c4O)c(C)c3C)cc3ccccc23)cc1. The quantitative estimate of drug-likeness (QED) is 0.0688. The van der Waals surface area contributed by atoms with Gasteiger partial charge in [-0.3, -0.25) is 9.59 Å². The third kappa shape index (κ3) is 8.84. The Morgan fingerprint density at radius 2 is 0.887 bits per heavy atom. The number of benzene rings is 7. The van der Waals surface area contributed by atoms with Gasteiger partial charge < -0.3 is 30.3 Å². The van der Waals surface area contributed by atoms with Crippen molar-refractivity contribution < 1.29 is 38.9 Å². The maximum absolute atomic E-state index is 13.8. The number of anilines is 2. The molecule has 0 unspecified atom stereocenters. The highest BCUT2D eigenvalue weighted by molar-refractivity contribution is 6.14. The Morgan fingerprint density at radius 1 is 0.516 bits per heavy atom. The van der Waals surface area contributed by atoms with E-state index in [1.54, 1.807) is 149 Å². The molecular weight excluding hydrogens is 789 g/mol. The smallest absolute Gasteiger partial charge is 0.338 e. The summed E-state index contributed by atoms with van der Waals surface area (Å²) in [6.45, 7) is 7.49. The molecule has 0 radical (unpaired) electrons. The Labute approximate surface area is 355 Å². The lowest BCUT2D eigenvalue weighted by Gasteiger charge is -2.17. The van der Waals surface area contributed by atoms with Crippen LogP contribution in [0.2, 0.25) is 0 Å². The number of carbonyl (C=O) groups is 4. The minimum Gasteiger partial charge on any atom is -0.505 e. The van der Waals surface area contributed by atoms with Crippen LogP contribution in [0.1, 0.15) is 66.4 Å². The number of amides is 2. The molecule has 0 aliphatic rings. The second-order valence-corrected chi connectivity index (χ2v) is 13.9. The van der Waals surface area contributed by atoms with Gasteiger partial charge in [0.05, 0.1) is 46.8 Å². The third-order valence-electron chi connectivity index (χ3n) is 10.1. The number of nitrogens with zero attached hydrogens (tertiary/aromatic N) is 4. The molecule has 0 atom stereocenters. The summed E-state index contributed by atoms with van der Waals surface area (Å²) in [6.07, 6.45) is 0. The normalized spacial score (nSPS) is 11.3. The van der Waals surface area contributed by atoms with Crippen LogP contribution in [0.25, 0.3) is 21.5 Å². The van der Waals surface area contributed by atoms with Crippen molar-refractivity contribution in [1.29, 1.82) is 0 Å². The van der Waals surface area contributed by atoms with E-state index in [4.69, 9.17) is 9.47 Å². The molecule has 62 heavy (non-hydrogen) atoms. The van der Waals surface area contributed by atoms with Crippen LogP contribution in [0.4, 0.5) is 34.1 Å². The van der Waals surface area contributed by atoms with E-state index in [9.17, 15) is 29.4 Å². The number of phenols is 2. The molecule has 2 amide bonds. The van der Waals surface area contributed by atoms with Crippen LogP contribution in [0.15, 0.2) is 142 Å². The number of hydrogen-bond acceptors (Lipinski definition) is 12. The zero-order valence-corrected chi connectivity index (χ0v) is 34.1. The van der Waals surface area contributed by atoms with Crippen LogP contribution in [-0.2, 0) is 9.47 Å². The van der Waals surface area contributed by atoms with Gasteiger partial charge in [-0.05, 0) is 122 Å². The number of ether oxygens (including phenoxy) is 2. The van der Waals surface area contributed by atoms with E-state index in [1.807, 2.05) is 0 Å². The standard InChI is InChI=1S/C48H40N6O8/c1-5-61-47(59)29-15-19-33(20-16-29)51-53-41-35-13-9-7-11-31(35)25-37(43(41)55)45(57)49-39-23-24-40(28(4)27(39)3)50-46(58)38-26-32-12-8-10-14-36(32)42(44(38)56)54-52-34-21-17-30(18-22-34)48(60)62-6-2/h7-26,55-56H,5-6H2,1-4H3,(H,49,57)(H,50,58). The molecule has 0 spiro atoms. The summed E-state index contributed by atoms with van der Waals surface area (Å²) < 4.78 is 10.1. The van der Waals surface area contributed by atoms with Crippen molar-refractivity contribution in [2.75, 3.05) is 23.8 Å². The second kappa shape index (κ2) is 18.3. The van der Waals surface area contributed by atoms with Gasteiger partial charge in [0.15, 0.2) is 11.5 Å². The van der Waals surface area contributed by atoms with Crippen LogP contribution in [-0.4, -0.2) is 47.2 Å². The minimum absolute atomic E-state index is 0.0434. The van der Waals surface area contributed by atoms with Crippen molar-refractivity contribution in [3.05, 3.63) is 155 Å². The van der Waals surface area contributed by atoms with Gasteiger partial charge in [-0.15, -0.1) is 10.2 Å². The number of esters is 2. The van der Waals surface area contributed by atoms with Gasteiger partial charge in [-0.2, -0.15) is 10.2 Å². The van der Waals surface area contributed by atoms with Crippen LogP contribution < -0.4 is 10.6 Å². The van der Waals surface area contributed by atoms with Crippen LogP contribution in [0, 0.1) is 13.8 Å². The molecule has 7 aromatic rings. The van der Waals surface area contributed by atoms with Crippen molar-refractivity contribution >= 4 is 79.4 Å². The zero-order valence-electron chi connectivity index (χ0n) is 34.1. The first kappa shape index (κ1) is 41.9. The monoisotopic (exact) mass is 828 g/mol. The molecule has 0 aliphatic carbocycles. The van der Waals surface area contributed by atoms with E-state index in [1.165, 1.54) is 0 Å². The molecule has 0 aromatic heterocycles. The van der Waals surface area contributed by atoms with Gasteiger partial charge in [0.1, 0.15) is 11.4 Å². The van der Waals surface area contributed by atoms with Gasteiger partial charge in [-0.1, -0.05) is 48.5 Å². The molecule has 14 nitrogen and oxygen atoms in total. The predicted octanol–water partition coefficient (Wildman–Crippen LogP) is 11.7. The Balaban J connectivity index is 1.12. The van der Waals surface area contributed by atoms with Crippen molar-refractivity contribution in [2.24, 2.45) is 20.5 Å². The van der Waals surface area contributed by atoms with E-state index >= 15 is 0 Å². The number of aromatic hydroxyl groups is 2. The lowest BCUT2D eigenvalue weighted by atomic mass is 10.0. The number of rotatable bonds is 12. The van der Waals surface area contributed by atoms with Crippen LogP contribution >= 0.6 is 0 Å². The van der Waals surface area contributed by atoms with E-state index in [2.05, 4.69) is 31.1 Å². The fourth-order valence-electron chi connectivity index (χ4n) is 6.63. The van der Waals surface area contributed by atoms with Gasteiger partial charge in [0, 0.05) is 22.1 Å². The minimum atomic E-state index is -0.611. The summed E-state index contributed by atoms with van der Waals surface area (Å²) >= 11 is 0. The molecule has 7 rings (SSSR count). The third-order valence-corrected chi connectivity index (χ3v) is 10.1. The lowest BCUT2D eigenvalue weighted by Crippen LogP contribution is -2.16. The van der Waals surface area contributed by atoms with Crippen LogP contribution in [0.5, 0.6) is 11.5 Å². The first-order valence-corrected chi connectivity index (χ1v) is 19.6. The Hall–Kier alpha value is -8.26. The maximum atomic E-state index is 13.8. The van der Waals surface area contributed by atoms with E-state index in [0.717, 1.165) is 0 Å². The largest absolute Gasteiger partial charge is 0.505 e. The Kier molecular flexibility index (Phi) is 12.4. The molecule has 0 fully saturated rings.